The quantitative estimate of drug-likeness (QED) is 0.434. The van der Waals surface area contributed by atoms with Gasteiger partial charge in [-0.2, -0.15) is 0 Å². The number of aryl methyl sites for hydroxylation is 3. The molecule has 0 radical (unpaired) electrons. The maximum absolute atomic E-state index is 13.0. The molecule has 0 unspecified atom stereocenters. The van der Waals surface area contributed by atoms with Crippen LogP contribution in [0.25, 0.3) is 0 Å². The topological polar surface area (TPSA) is 50.4 Å². The minimum absolute atomic E-state index is 0. The van der Waals surface area contributed by atoms with E-state index >= 15 is 0 Å². The molecule has 0 aliphatic heterocycles. The van der Waals surface area contributed by atoms with E-state index in [4.69, 9.17) is 5.73 Å². The average molecular weight is 427 g/mol. The van der Waals surface area contributed by atoms with Crippen LogP contribution in [-0.4, -0.2) is 12.5 Å². The molecule has 0 aliphatic carbocycles. The summed E-state index contributed by atoms with van der Waals surface area (Å²) in [7, 11) is 0. The number of nitrogens with one attached hydrogen (secondary N) is 1. The van der Waals surface area contributed by atoms with Crippen molar-refractivity contribution in [2.45, 2.75) is 27.2 Å². The minimum Gasteiger partial charge on any atom is -0.370 e. The standard InChI is InChI=1S/C18H22FN3.HI/c1-12-8-13(2)10-17(9-12)22-18(20)21-7-6-15-4-5-16(19)11-14(15)3;/h4-5,8-11H,6-7H2,1-3H3,(H3,20,21,22);1H. The van der Waals surface area contributed by atoms with Gasteiger partial charge < -0.3 is 11.1 Å². The molecule has 2 aromatic carbocycles. The Morgan fingerprint density at radius 3 is 2.35 bits per heavy atom. The van der Waals surface area contributed by atoms with Crippen LogP contribution >= 0.6 is 24.0 Å². The van der Waals surface area contributed by atoms with Crippen LogP contribution in [0.2, 0.25) is 0 Å². The third-order valence-corrected chi connectivity index (χ3v) is 3.46. The molecule has 3 N–H and O–H groups in total. The summed E-state index contributed by atoms with van der Waals surface area (Å²) in [5.74, 6) is 0.186. The molecule has 124 valence electrons. The molecule has 0 saturated heterocycles. The highest BCUT2D eigenvalue weighted by molar-refractivity contribution is 14.0. The van der Waals surface area contributed by atoms with Crippen LogP contribution < -0.4 is 11.1 Å². The van der Waals surface area contributed by atoms with Crippen LogP contribution in [0.3, 0.4) is 0 Å². The van der Waals surface area contributed by atoms with Gasteiger partial charge in [0.05, 0.1) is 0 Å². The summed E-state index contributed by atoms with van der Waals surface area (Å²) in [6.45, 7) is 6.56. The maximum atomic E-state index is 13.0. The van der Waals surface area contributed by atoms with E-state index in [2.05, 4.69) is 16.4 Å². The number of anilines is 1. The maximum Gasteiger partial charge on any atom is 0.193 e. The van der Waals surface area contributed by atoms with Crippen molar-refractivity contribution in [1.29, 1.82) is 0 Å². The van der Waals surface area contributed by atoms with Crippen molar-refractivity contribution in [3.8, 4) is 0 Å². The van der Waals surface area contributed by atoms with Gasteiger partial charge in [-0.25, -0.2) is 4.39 Å². The van der Waals surface area contributed by atoms with Gasteiger partial charge in [0.1, 0.15) is 5.82 Å². The number of aliphatic imine (C=N–C) groups is 1. The van der Waals surface area contributed by atoms with Crippen LogP contribution in [0.5, 0.6) is 0 Å². The molecule has 0 spiro atoms. The highest BCUT2D eigenvalue weighted by Gasteiger charge is 2.01. The second-order valence-corrected chi connectivity index (χ2v) is 5.59. The Kier molecular flexibility index (Phi) is 7.48. The van der Waals surface area contributed by atoms with Crippen LogP contribution in [0.4, 0.5) is 10.1 Å². The minimum atomic E-state index is -0.208. The second-order valence-electron chi connectivity index (χ2n) is 5.59. The molecular weight excluding hydrogens is 404 g/mol. The molecule has 0 aliphatic rings. The van der Waals surface area contributed by atoms with Gasteiger partial charge in [-0.05, 0) is 73.7 Å². The smallest absolute Gasteiger partial charge is 0.193 e. The summed E-state index contributed by atoms with van der Waals surface area (Å²) in [5, 5.41) is 3.10. The van der Waals surface area contributed by atoms with Crippen LogP contribution in [0.15, 0.2) is 41.4 Å². The van der Waals surface area contributed by atoms with Crippen molar-refractivity contribution in [1.82, 2.24) is 0 Å². The van der Waals surface area contributed by atoms with Gasteiger partial charge in [-0.1, -0.05) is 12.1 Å². The van der Waals surface area contributed by atoms with E-state index in [-0.39, 0.29) is 29.8 Å². The second kappa shape index (κ2) is 8.86. The molecule has 5 heteroatoms. The fourth-order valence-electron chi connectivity index (χ4n) is 2.47. The Balaban J connectivity index is 0.00000264. The van der Waals surface area contributed by atoms with Crippen molar-refractivity contribution < 1.29 is 4.39 Å². The SMILES string of the molecule is Cc1cc(C)cc(NC(N)=NCCc2ccc(F)cc2C)c1.I. The molecule has 0 aromatic heterocycles. The van der Waals surface area contributed by atoms with E-state index in [1.165, 1.54) is 23.3 Å². The summed E-state index contributed by atoms with van der Waals surface area (Å²) < 4.78 is 13.0. The van der Waals surface area contributed by atoms with E-state index in [9.17, 15) is 4.39 Å². The Labute approximate surface area is 154 Å². The molecule has 0 atom stereocenters. The third-order valence-electron chi connectivity index (χ3n) is 3.46. The number of hydrogen-bond donors (Lipinski definition) is 2. The fourth-order valence-corrected chi connectivity index (χ4v) is 2.47. The predicted molar refractivity (Wildman–Crippen MR) is 106 cm³/mol. The molecule has 2 aromatic rings. The van der Waals surface area contributed by atoms with Crippen LogP contribution in [0, 0.1) is 26.6 Å². The van der Waals surface area contributed by atoms with E-state index in [1.54, 1.807) is 6.07 Å². The molecule has 0 heterocycles. The number of guanidine groups is 1. The first-order valence-corrected chi connectivity index (χ1v) is 7.34. The van der Waals surface area contributed by atoms with Gasteiger partial charge in [-0.15, -0.1) is 24.0 Å². The Morgan fingerprint density at radius 2 is 1.74 bits per heavy atom. The van der Waals surface area contributed by atoms with Gasteiger partial charge in [-0.3, -0.25) is 4.99 Å². The average Bonchev–Trinajstić information content (AvgIpc) is 2.40. The van der Waals surface area contributed by atoms with Crippen molar-refractivity contribution in [2.24, 2.45) is 10.7 Å². The summed E-state index contributed by atoms with van der Waals surface area (Å²) in [5.41, 5.74) is 11.2. The lowest BCUT2D eigenvalue weighted by Crippen LogP contribution is -2.23. The zero-order valence-corrected chi connectivity index (χ0v) is 16.0. The highest BCUT2D eigenvalue weighted by Crippen LogP contribution is 2.13. The van der Waals surface area contributed by atoms with E-state index in [1.807, 2.05) is 32.9 Å². The van der Waals surface area contributed by atoms with Crippen molar-refractivity contribution in [3.63, 3.8) is 0 Å². The first kappa shape index (κ1) is 19.4. The predicted octanol–water partition coefficient (Wildman–Crippen LogP) is 4.34. The van der Waals surface area contributed by atoms with Crippen LogP contribution in [-0.2, 0) is 6.42 Å². The number of benzene rings is 2. The first-order chi connectivity index (χ1) is 10.4. The summed E-state index contributed by atoms with van der Waals surface area (Å²) in [6.07, 6.45) is 0.737. The molecule has 0 fully saturated rings. The number of nitrogens with zero attached hydrogens (tertiary/aromatic N) is 1. The van der Waals surface area contributed by atoms with Gasteiger partial charge in [0.25, 0.3) is 0 Å². The highest BCUT2D eigenvalue weighted by atomic mass is 127. The third kappa shape index (κ3) is 6.17. The molecule has 0 saturated carbocycles. The van der Waals surface area contributed by atoms with Crippen LogP contribution in [0.1, 0.15) is 22.3 Å². The summed E-state index contributed by atoms with van der Waals surface area (Å²) in [6, 6.07) is 11.0. The van der Waals surface area contributed by atoms with E-state index < -0.39 is 0 Å². The molecular formula is C18H23FIN3. The lowest BCUT2D eigenvalue weighted by molar-refractivity contribution is 0.625. The summed E-state index contributed by atoms with van der Waals surface area (Å²) in [4.78, 5) is 4.33. The number of rotatable bonds is 4. The Hall–Kier alpha value is -1.63. The number of nitrogens with two attached hydrogens (primary N) is 1. The Bertz CT molecular complexity index is 678. The molecule has 23 heavy (non-hydrogen) atoms. The zero-order valence-electron chi connectivity index (χ0n) is 13.7. The lowest BCUT2D eigenvalue weighted by Gasteiger charge is -2.08. The van der Waals surface area contributed by atoms with E-state index in [0.717, 1.165) is 23.2 Å². The molecule has 2 rings (SSSR count). The van der Waals surface area contributed by atoms with Crippen molar-refractivity contribution in [2.75, 3.05) is 11.9 Å². The van der Waals surface area contributed by atoms with Gasteiger partial charge >= 0.3 is 0 Å². The molecule has 0 bridgehead atoms. The van der Waals surface area contributed by atoms with Gasteiger partial charge in [0.2, 0.25) is 0 Å². The lowest BCUT2D eigenvalue weighted by atomic mass is 10.1. The summed E-state index contributed by atoms with van der Waals surface area (Å²) >= 11 is 0. The van der Waals surface area contributed by atoms with Crippen molar-refractivity contribution in [3.05, 3.63) is 64.5 Å². The monoisotopic (exact) mass is 427 g/mol. The largest absolute Gasteiger partial charge is 0.370 e. The number of halogens is 2. The van der Waals surface area contributed by atoms with Gasteiger partial charge in [0, 0.05) is 12.2 Å². The normalized spacial score (nSPS) is 11.0. The fraction of sp³-hybridized carbons (Fsp3) is 0.278. The molecule has 3 nitrogen and oxygen atoms in total. The first-order valence-electron chi connectivity index (χ1n) is 7.34. The van der Waals surface area contributed by atoms with Crippen molar-refractivity contribution >= 4 is 35.6 Å². The van der Waals surface area contributed by atoms with Gasteiger partial charge in [0.15, 0.2) is 5.96 Å². The zero-order chi connectivity index (χ0) is 16.1. The van der Waals surface area contributed by atoms with E-state index in [0.29, 0.717) is 12.5 Å². The number of hydrogen-bond acceptors (Lipinski definition) is 1. The molecule has 0 amide bonds. The Morgan fingerprint density at radius 1 is 1.09 bits per heavy atom.